The number of nitrogens with zero attached hydrogens (tertiary/aromatic N) is 2. The van der Waals surface area contributed by atoms with Gasteiger partial charge in [0.2, 0.25) is 5.91 Å². The number of aromatic amines is 1. The Kier molecular flexibility index (Phi) is 6.46. The molecule has 6 nitrogen and oxygen atoms in total. The molecule has 0 radical (unpaired) electrons. The summed E-state index contributed by atoms with van der Waals surface area (Å²) in [6.45, 7) is 5.05. The molecule has 0 aliphatic carbocycles. The molecule has 2 aromatic rings. The van der Waals surface area contributed by atoms with E-state index in [0.29, 0.717) is 24.7 Å². The maximum atomic E-state index is 12.4. The van der Waals surface area contributed by atoms with E-state index >= 15 is 0 Å². The van der Waals surface area contributed by atoms with Crippen LogP contribution in [0.4, 0.5) is 0 Å². The van der Waals surface area contributed by atoms with Gasteiger partial charge in [-0.3, -0.25) is 9.36 Å². The highest BCUT2D eigenvalue weighted by Gasteiger charge is 2.21. The van der Waals surface area contributed by atoms with E-state index in [1.807, 2.05) is 44.2 Å². The van der Waals surface area contributed by atoms with Gasteiger partial charge in [-0.05, 0) is 18.4 Å². The minimum Gasteiger partial charge on any atom is -0.351 e. The first kappa shape index (κ1) is 17.3. The molecule has 124 valence electrons. The van der Waals surface area contributed by atoms with Crippen molar-refractivity contribution < 1.29 is 4.79 Å². The molecule has 0 spiro atoms. The van der Waals surface area contributed by atoms with Crippen molar-refractivity contribution in [2.75, 3.05) is 0 Å². The van der Waals surface area contributed by atoms with Gasteiger partial charge in [0.15, 0.2) is 5.16 Å². The van der Waals surface area contributed by atoms with Gasteiger partial charge in [0.1, 0.15) is 0 Å². The molecule has 1 atom stereocenters. The van der Waals surface area contributed by atoms with Crippen LogP contribution >= 0.6 is 11.8 Å². The third kappa shape index (κ3) is 4.72. The molecule has 1 aromatic heterocycles. The fourth-order valence-electron chi connectivity index (χ4n) is 2.16. The number of hydrogen-bond donors (Lipinski definition) is 2. The Hall–Kier alpha value is -2.02. The van der Waals surface area contributed by atoms with Crippen LogP contribution in [0.5, 0.6) is 0 Å². The number of rotatable bonds is 8. The molecule has 2 N–H and O–H groups in total. The Balaban J connectivity index is 1.99. The number of aromatic nitrogens is 3. The van der Waals surface area contributed by atoms with Crippen molar-refractivity contribution in [3.8, 4) is 0 Å². The number of carbonyl (C=O) groups is 1. The zero-order valence-corrected chi connectivity index (χ0v) is 14.2. The van der Waals surface area contributed by atoms with Gasteiger partial charge >= 0.3 is 5.69 Å². The first-order valence-electron chi connectivity index (χ1n) is 7.79. The highest BCUT2D eigenvalue weighted by molar-refractivity contribution is 8.00. The monoisotopic (exact) mass is 334 g/mol. The zero-order chi connectivity index (χ0) is 16.7. The Morgan fingerprint density at radius 3 is 2.74 bits per heavy atom. The summed E-state index contributed by atoms with van der Waals surface area (Å²) in [5.41, 5.74) is 0.831. The van der Waals surface area contributed by atoms with Crippen molar-refractivity contribution in [3.05, 3.63) is 46.4 Å². The SMILES string of the molecule is CCCn1c(S[C@H](CC)C(=O)NCc2ccccc2)n[nH]c1=O. The lowest BCUT2D eigenvalue weighted by atomic mass is 10.2. The second kappa shape index (κ2) is 8.57. The largest absolute Gasteiger partial charge is 0.351 e. The van der Waals surface area contributed by atoms with E-state index in [-0.39, 0.29) is 16.8 Å². The van der Waals surface area contributed by atoms with Crippen molar-refractivity contribution in [2.45, 2.75) is 50.2 Å². The third-order valence-corrected chi connectivity index (χ3v) is 4.75. The summed E-state index contributed by atoms with van der Waals surface area (Å²) < 4.78 is 1.58. The smallest absolute Gasteiger partial charge is 0.343 e. The first-order chi connectivity index (χ1) is 11.2. The molecule has 0 aliphatic rings. The van der Waals surface area contributed by atoms with E-state index < -0.39 is 0 Å². The summed E-state index contributed by atoms with van der Waals surface area (Å²) in [4.78, 5) is 24.1. The van der Waals surface area contributed by atoms with Gasteiger partial charge in [0, 0.05) is 13.1 Å². The highest BCUT2D eigenvalue weighted by Crippen LogP contribution is 2.23. The average molecular weight is 334 g/mol. The van der Waals surface area contributed by atoms with Crippen LogP contribution in [0.25, 0.3) is 0 Å². The molecular formula is C16H22N4O2S. The third-order valence-electron chi connectivity index (χ3n) is 3.39. The first-order valence-corrected chi connectivity index (χ1v) is 8.67. The molecule has 0 fully saturated rings. The van der Waals surface area contributed by atoms with Gasteiger partial charge in [0.05, 0.1) is 5.25 Å². The number of nitrogens with one attached hydrogen (secondary N) is 2. The summed E-state index contributed by atoms with van der Waals surface area (Å²) >= 11 is 1.33. The van der Waals surface area contributed by atoms with Crippen molar-refractivity contribution in [1.29, 1.82) is 0 Å². The fraction of sp³-hybridized carbons (Fsp3) is 0.438. The molecule has 0 saturated heterocycles. The minimum absolute atomic E-state index is 0.0418. The topological polar surface area (TPSA) is 79.8 Å². The Labute approximate surface area is 139 Å². The van der Waals surface area contributed by atoms with Crippen LogP contribution in [0.15, 0.2) is 40.3 Å². The normalized spacial score (nSPS) is 12.1. The minimum atomic E-state index is -0.274. The standard InChI is InChI=1S/C16H22N4O2S/c1-3-10-20-15(22)18-19-16(20)23-13(4-2)14(21)17-11-12-8-6-5-7-9-12/h5-9,13H,3-4,10-11H2,1-2H3,(H,17,21)(H,18,22)/t13-/m1/s1. The lowest BCUT2D eigenvalue weighted by molar-refractivity contribution is -0.120. The molecular weight excluding hydrogens is 312 g/mol. The molecule has 1 heterocycles. The number of benzene rings is 1. The van der Waals surface area contributed by atoms with Gasteiger partial charge in [-0.15, -0.1) is 5.10 Å². The van der Waals surface area contributed by atoms with Crippen LogP contribution in [0.1, 0.15) is 32.3 Å². The second-order valence-corrected chi connectivity index (χ2v) is 6.35. The number of thioether (sulfide) groups is 1. The predicted octanol–water partition coefficient (Wildman–Crippen LogP) is 2.17. The molecule has 23 heavy (non-hydrogen) atoms. The van der Waals surface area contributed by atoms with Crippen molar-refractivity contribution >= 4 is 17.7 Å². The molecule has 0 bridgehead atoms. The van der Waals surface area contributed by atoms with Crippen molar-refractivity contribution in [3.63, 3.8) is 0 Å². The summed E-state index contributed by atoms with van der Waals surface area (Å²) in [6.07, 6.45) is 1.50. The molecule has 0 unspecified atom stereocenters. The van der Waals surface area contributed by atoms with E-state index in [9.17, 15) is 9.59 Å². The molecule has 0 aliphatic heterocycles. The Bertz CT molecular complexity index is 681. The summed E-state index contributed by atoms with van der Waals surface area (Å²) in [5.74, 6) is -0.0418. The summed E-state index contributed by atoms with van der Waals surface area (Å²) in [6, 6.07) is 9.78. The molecule has 2 rings (SSSR count). The van der Waals surface area contributed by atoms with Crippen LogP contribution in [-0.2, 0) is 17.9 Å². The van der Waals surface area contributed by atoms with Crippen LogP contribution in [0.2, 0.25) is 0 Å². The van der Waals surface area contributed by atoms with Gasteiger partial charge in [-0.25, -0.2) is 9.89 Å². The zero-order valence-electron chi connectivity index (χ0n) is 13.4. The summed E-state index contributed by atoms with van der Waals surface area (Å²) in [5, 5.41) is 9.72. The van der Waals surface area contributed by atoms with Crippen LogP contribution in [0, 0.1) is 0 Å². The molecule has 1 aromatic carbocycles. The van der Waals surface area contributed by atoms with E-state index in [0.717, 1.165) is 12.0 Å². The summed E-state index contributed by atoms with van der Waals surface area (Å²) in [7, 11) is 0. The predicted molar refractivity (Wildman–Crippen MR) is 91.4 cm³/mol. The lowest BCUT2D eigenvalue weighted by Crippen LogP contribution is -2.32. The van der Waals surface area contributed by atoms with E-state index in [1.165, 1.54) is 11.8 Å². The lowest BCUT2D eigenvalue weighted by Gasteiger charge is -2.14. The maximum absolute atomic E-state index is 12.4. The van der Waals surface area contributed by atoms with E-state index in [2.05, 4.69) is 15.5 Å². The van der Waals surface area contributed by atoms with Gasteiger partial charge < -0.3 is 5.32 Å². The van der Waals surface area contributed by atoms with Gasteiger partial charge in [-0.2, -0.15) is 0 Å². The second-order valence-electron chi connectivity index (χ2n) is 5.18. The number of amides is 1. The number of hydrogen-bond acceptors (Lipinski definition) is 4. The average Bonchev–Trinajstić information content (AvgIpc) is 2.92. The van der Waals surface area contributed by atoms with Crippen molar-refractivity contribution in [2.24, 2.45) is 0 Å². The molecule has 1 amide bonds. The highest BCUT2D eigenvalue weighted by atomic mass is 32.2. The van der Waals surface area contributed by atoms with Gasteiger partial charge in [0.25, 0.3) is 0 Å². The Morgan fingerprint density at radius 2 is 2.09 bits per heavy atom. The van der Waals surface area contributed by atoms with E-state index in [4.69, 9.17) is 0 Å². The maximum Gasteiger partial charge on any atom is 0.343 e. The molecule has 0 saturated carbocycles. The number of carbonyl (C=O) groups excluding carboxylic acids is 1. The van der Waals surface area contributed by atoms with Gasteiger partial charge in [-0.1, -0.05) is 55.9 Å². The van der Waals surface area contributed by atoms with Crippen molar-refractivity contribution in [1.82, 2.24) is 20.1 Å². The Morgan fingerprint density at radius 1 is 1.35 bits per heavy atom. The van der Waals surface area contributed by atoms with Crippen LogP contribution < -0.4 is 11.0 Å². The number of H-pyrrole nitrogens is 1. The van der Waals surface area contributed by atoms with Crippen LogP contribution in [0.3, 0.4) is 0 Å². The quantitative estimate of drug-likeness (QED) is 0.725. The van der Waals surface area contributed by atoms with Crippen LogP contribution in [-0.4, -0.2) is 25.9 Å². The van der Waals surface area contributed by atoms with E-state index in [1.54, 1.807) is 4.57 Å². The molecule has 7 heteroatoms. The fourth-order valence-corrected chi connectivity index (χ4v) is 3.17.